The fraction of sp³-hybridized carbons (Fsp3) is 0.714. The zero-order chi connectivity index (χ0) is 13.9. The average molecular weight is 268 g/mol. The predicted molar refractivity (Wildman–Crippen MR) is 80.9 cm³/mol. The van der Waals surface area contributed by atoms with E-state index >= 15 is 0 Å². The topological polar surface area (TPSA) is 32.3 Å². The van der Waals surface area contributed by atoms with Crippen molar-refractivity contribution >= 4 is 17.9 Å². The van der Waals surface area contributed by atoms with Gasteiger partial charge in [-0.3, -0.25) is 4.79 Å². The average Bonchev–Trinajstić information content (AvgIpc) is 2.25. The van der Waals surface area contributed by atoms with Gasteiger partial charge >= 0.3 is 0 Å². The molecule has 18 heavy (non-hydrogen) atoms. The first-order chi connectivity index (χ1) is 8.29. The van der Waals surface area contributed by atoms with Gasteiger partial charge in [0.2, 0.25) is 5.43 Å². The summed E-state index contributed by atoms with van der Waals surface area (Å²) < 4.78 is 0.506. The van der Waals surface area contributed by atoms with Gasteiger partial charge in [0.15, 0.2) is 0 Å². The Labute approximate surface area is 115 Å². The summed E-state index contributed by atoms with van der Waals surface area (Å²) >= 11 is 5.14. The van der Waals surface area contributed by atoms with Gasteiger partial charge in [0.1, 0.15) is 0 Å². The van der Waals surface area contributed by atoms with Gasteiger partial charge in [-0.1, -0.05) is 39.9 Å². The van der Waals surface area contributed by atoms with Gasteiger partial charge in [0, 0.05) is 18.7 Å². The SMILES string of the molecule is CCCN(C)CCNc1c(C(C)(C)C)c(=S)c1=O. The maximum Gasteiger partial charge on any atom is 0.220 e. The van der Waals surface area contributed by atoms with Crippen LogP contribution >= 0.6 is 12.2 Å². The Morgan fingerprint density at radius 1 is 1.28 bits per heavy atom. The fourth-order valence-electron chi connectivity index (χ4n) is 2.14. The Hall–Kier alpha value is -0.740. The van der Waals surface area contributed by atoms with Crippen LogP contribution in [0.15, 0.2) is 4.79 Å². The molecule has 1 aromatic carbocycles. The highest BCUT2D eigenvalue weighted by Gasteiger charge is 2.27. The van der Waals surface area contributed by atoms with Crippen LogP contribution < -0.4 is 10.7 Å². The number of nitrogens with one attached hydrogen (secondary N) is 1. The molecule has 0 spiro atoms. The minimum atomic E-state index is -0.0529. The lowest BCUT2D eigenvalue weighted by Gasteiger charge is -2.26. The number of nitrogens with zero attached hydrogens (tertiary/aromatic N) is 1. The van der Waals surface area contributed by atoms with Gasteiger partial charge < -0.3 is 10.2 Å². The predicted octanol–water partition coefficient (Wildman–Crippen LogP) is 2.70. The maximum atomic E-state index is 11.7. The third kappa shape index (κ3) is 3.39. The van der Waals surface area contributed by atoms with E-state index in [-0.39, 0.29) is 10.8 Å². The number of anilines is 1. The molecule has 102 valence electrons. The summed E-state index contributed by atoms with van der Waals surface area (Å²) in [6.07, 6.45) is 1.15. The van der Waals surface area contributed by atoms with Crippen molar-refractivity contribution in [3.05, 3.63) is 20.3 Å². The molecular formula is C14H24N2OS. The summed E-state index contributed by atoms with van der Waals surface area (Å²) in [5, 5.41) is 3.25. The molecule has 1 aromatic rings. The second-order valence-electron chi connectivity index (χ2n) is 5.89. The van der Waals surface area contributed by atoms with Gasteiger partial charge in [-0.15, -0.1) is 0 Å². The largest absolute Gasteiger partial charge is 0.380 e. The molecule has 0 fully saturated rings. The number of hydrogen-bond acceptors (Lipinski definition) is 4. The van der Waals surface area contributed by atoms with Crippen LogP contribution in [-0.4, -0.2) is 31.6 Å². The second-order valence-corrected chi connectivity index (χ2v) is 6.30. The minimum Gasteiger partial charge on any atom is -0.380 e. The van der Waals surface area contributed by atoms with E-state index in [4.69, 9.17) is 12.2 Å². The molecular weight excluding hydrogens is 244 g/mol. The first-order valence-electron chi connectivity index (χ1n) is 6.55. The normalized spacial score (nSPS) is 12.3. The molecule has 0 aromatic heterocycles. The van der Waals surface area contributed by atoms with E-state index in [2.05, 4.69) is 45.0 Å². The van der Waals surface area contributed by atoms with Gasteiger partial charge in [0.05, 0.1) is 10.2 Å². The fourth-order valence-corrected chi connectivity index (χ4v) is 2.65. The Morgan fingerprint density at radius 2 is 1.89 bits per heavy atom. The lowest BCUT2D eigenvalue weighted by molar-refractivity contribution is 0.347. The van der Waals surface area contributed by atoms with Crippen LogP contribution in [0.2, 0.25) is 0 Å². The van der Waals surface area contributed by atoms with E-state index in [0.717, 1.165) is 37.3 Å². The summed E-state index contributed by atoms with van der Waals surface area (Å²) in [7, 11) is 2.09. The maximum absolute atomic E-state index is 11.7. The Balaban J connectivity index is 2.62. The molecule has 0 saturated carbocycles. The van der Waals surface area contributed by atoms with Crippen molar-refractivity contribution in [2.75, 3.05) is 32.0 Å². The molecule has 1 rings (SSSR count). The van der Waals surface area contributed by atoms with Crippen LogP contribution in [0, 0.1) is 4.51 Å². The highest BCUT2D eigenvalue weighted by Crippen LogP contribution is 2.30. The van der Waals surface area contributed by atoms with Crippen molar-refractivity contribution < 1.29 is 0 Å². The molecule has 4 heteroatoms. The van der Waals surface area contributed by atoms with Crippen molar-refractivity contribution in [3.8, 4) is 0 Å². The highest BCUT2D eigenvalue weighted by atomic mass is 32.1. The molecule has 0 heterocycles. The van der Waals surface area contributed by atoms with Crippen LogP contribution in [0.1, 0.15) is 39.7 Å². The lowest BCUT2D eigenvalue weighted by atomic mass is 9.83. The van der Waals surface area contributed by atoms with Crippen LogP contribution in [0.25, 0.3) is 0 Å². The molecule has 0 radical (unpaired) electrons. The molecule has 3 nitrogen and oxygen atoms in total. The van der Waals surface area contributed by atoms with Crippen LogP contribution in [-0.2, 0) is 5.41 Å². The smallest absolute Gasteiger partial charge is 0.220 e. The number of hydrogen-bond donors (Lipinski definition) is 1. The molecule has 0 aliphatic rings. The molecule has 0 saturated heterocycles. The Bertz CT molecular complexity index is 467. The Morgan fingerprint density at radius 3 is 2.39 bits per heavy atom. The number of rotatable bonds is 6. The molecule has 0 aliphatic carbocycles. The molecule has 0 aliphatic heterocycles. The zero-order valence-electron chi connectivity index (χ0n) is 12.1. The van der Waals surface area contributed by atoms with Gasteiger partial charge in [-0.25, -0.2) is 0 Å². The zero-order valence-corrected chi connectivity index (χ0v) is 12.9. The standard InChI is InChI=1S/C14H24N2OS/c1-6-8-16(5)9-7-15-11-10(14(2,3)4)13(18)12(11)17/h15H,6-9H2,1-5H3. The minimum absolute atomic E-state index is 0.00747. The van der Waals surface area contributed by atoms with E-state index in [0.29, 0.717) is 4.51 Å². The summed E-state index contributed by atoms with van der Waals surface area (Å²) in [6.45, 7) is 11.2. The van der Waals surface area contributed by atoms with Crippen molar-refractivity contribution in [1.29, 1.82) is 0 Å². The van der Waals surface area contributed by atoms with Crippen molar-refractivity contribution in [1.82, 2.24) is 4.90 Å². The monoisotopic (exact) mass is 268 g/mol. The molecule has 1 N–H and O–H groups in total. The Kier molecular flexibility index (Phi) is 5.05. The molecule has 0 unspecified atom stereocenters. The molecule has 0 atom stereocenters. The second kappa shape index (κ2) is 5.93. The first kappa shape index (κ1) is 15.3. The van der Waals surface area contributed by atoms with E-state index < -0.39 is 0 Å². The van der Waals surface area contributed by atoms with Crippen LogP contribution in [0.3, 0.4) is 0 Å². The van der Waals surface area contributed by atoms with E-state index in [1.165, 1.54) is 0 Å². The quantitative estimate of drug-likeness (QED) is 0.804. The van der Waals surface area contributed by atoms with E-state index in [9.17, 15) is 4.79 Å². The lowest BCUT2D eigenvalue weighted by Crippen LogP contribution is -2.32. The third-order valence-corrected chi connectivity index (χ3v) is 3.45. The van der Waals surface area contributed by atoms with Gasteiger partial charge in [-0.05, 0) is 25.4 Å². The first-order valence-corrected chi connectivity index (χ1v) is 6.96. The highest BCUT2D eigenvalue weighted by molar-refractivity contribution is 7.71. The summed E-state index contributed by atoms with van der Waals surface area (Å²) in [5.41, 5.74) is 1.70. The van der Waals surface area contributed by atoms with E-state index in [1.807, 2.05) is 0 Å². The summed E-state index contributed by atoms with van der Waals surface area (Å²) in [4.78, 5) is 14.0. The van der Waals surface area contributed by atoms with Gasteiger partial charge in [0.25, 0.3) is 0 Å². The van der Waals surface area contributed by atoms with Crippen LogP contribution in [0.5, 0.6) is 0 Å². The molecule has 0 bridgehead atoms. The van der Waals surface area contributed by atoms with E-state index in [1.54, 1.807) is 0 Å². The number of likely N-dealkylation sites (N-methyl/N-ethyl adjacent to an activating group) is 1. The van der Waals surface area contributed by atoms with Crippen LogP contribution in [0.4, 0.5) is 5.69 Å². The summed E-state index contributed by atoms with van der Waals surface area (Å²) in [6, 6.07) is 0. The van der Waals surface area contributed by atoms with Crippen molar-refractivity contribution in [3.63, 3.8) is 0 Å². The third-order valence-electron chi connectivity index (χ3n) is 3.06. The molecule has 0 amide bonds. The van der Waals surface area contributed by atoms with Crippen molar-refractivity contribution in [2.24, 2.45) is 0 Å². The summed E-state index contributed by atoms with van der Waals surface area (Å²) in [5.74, 6) is 0. The van der Waals surface area contributed by atoms with Crippen molar-refractivity contribution in [2.45, 2.75) is 39.5 Å². The van der Waals surface area contributed by atoms with Gasteiger partial charge in [-0.2, -0.15) is 0 Å².